The lowest BCUT2D eigenvalue weighted by Crippen LogP contribution is -2.20. The van der Waals surface area contributed by atoms with Gasteiger partial charge in [-0.15, -0.1) is 0 Å². The van der Waals surface area contributed by atoms with Crippen molar-refractivity contribution in [1.82, 2.24) is 35.2 Å². The highest BCUT2D eigenvalue weighted by molar-refractivity contribution is 7.18. The highest BCUT2D eigenvalue weighted by Gasteiger charge is 2.11. The highest BCUT2D eigenvalue weighted by atomic mass is 35.5. The minimum absolute atomic E-state index is 0.474. The molecule has 4 heterocycles. The third-order valence-corrected chi connectivity index (χ3v) is 6.61. The zero-order valence-electron chi connectivity index (χ0n) is 18.1. The van der Waals surface area contributed by atoms with Crippen molar-refractivity contribution in [3.63, 3.8) is 0 Å². The van der Waals surface area contributed by atoms with Crippen molar-refractivity contribution in [2.24, 2.45) is 0 Å². The van der Waals surface area contributed by atoms with Gasteiger partial charge in [-0.3, -0.25) is 4.98 Å². The van der Waals surface area contributed by atoms with Gasteiger partial charge in [-0.05, 0) is 36.8 Å². The van der Waals surface area contributed by atoms with E-state index >= 15 is 0 Å². The van der Waals surface area contributed by atoms with Crippen LogP contribution in [0, 0.1) is 6.92 Å². The van der Waals surface area contributed by atoms with Gasteiger partial charge in [-0.2, -0.15) is 0 Å². The summed E-state index contributed by atoms with van der Waals surface area (Å²) in [6, 6.07) is 9.91. The first-order valence-electron chi connectivity index (χ1n) is 10.8. The van der Waals surface area contributed by atoms with Crippen LogP contribution in [-0.4, -0.2) is 43.0 Å². The maximum Gasteiger partial charge on any atom is 0.157 e. The number of benzene rings is 1. The maximum absolute atomic E-state index is 6.20. The molecule has 5 aromatic rings. The smallest absolute Gasteiger partial charge is 0.157 e. The van der Waals surface area contributed by atoms with Crippen LogP contribution in [0.2, 0.25) is 5.02 Å². The molecule has 33 heavy (non-hydrogen) atoms. The zero-order chi connectivity index (χ0) is 22.6. The molecule has 3 N–H and O–H groups in total. The molecule has 5 rings (SSSR count). The Morgan fingerprint density at radius 1 is 1.06 bits per heavy atom. The van der Waals surface area contributed by atoms with Crippen molar-refractivity contribution in [1.29, 1.82) is 0 Å². The number of pyridine rings is 1. The van der Waals surface area contributed by atoms with E-state index in [0.29, 0.717) is 17.4 Å². The van der Waals surface area contributed by atoms with Crippen LogP contribution >= 0.6 is 22.9 Å². The molecule has 10 heteroatoms. The Hall–Kier alpha value is -3.14. The van der Waals surface area contributed by atoms with Crippen LogP contribution in [0.15, 0.2) is 42.9 Å². The molecule has 0 saturated carbocycles. The number of fused-ring (bicyclic) bond motifs is 2. The van der Waals surface area contributed by atoms with Gasteiger partial charge < -0.3 is 15.6 Å². The second kappa shape index (κ2) is 9.78. The molecule has 0 aliphatic rings. The molecule has 0 unspecified atom stereocenters. The Labute approximate surface area is 199 Å². The van der Waals surface area contributed by atoms with Gasteiger partial charge in [0.25, 0.3) is 0 Å². The molecule has 0 fully saturated rings. The third-order valence-electron chi connectivity index (χ3n) is 5.24. The summed E-state index contributed by atoms with van der Waals surface area (Å²) in [5.41, 5.74) is 4.89. The fourth-order valence-electron chi connectivity index (χ4n) is 3.57. The molecule has 0 aliphatic carbocycles. The molecule has 168 valence electrons. The van der Waals surface area contributed by atoms with Gasteiger partial charge in [0.15, 0.2) is 5.82 Å². The Balaban J connectivity index is 1.15. The Bertz CT molecular complexity index is 1400. The number of H-pyrrole nitrogens is 1. The summed E-state index contributed by atoms with van der Waals surface area (Å²) in [5, 5.41) is 8.42. The van der Waals surface area contributed by atoms with Crippen molar-refractivity contribution in [2.75, 3.05) is 18.4 Å². The molecular formula is C23H23ClN8S. The van der Waals surface area contributed by atoms with E-state index in [1.165, 1.54) is 5.56 Å². The minimum atomic E-state index is 0.474. The number of nitrogens with zero attached hydrogens (tertiary/aromatic N) is 5. The minimum Gasteiger partial charge on any atom is -0.362 e. The Morgan fingerprint density at radius 3 is 2.88 bits per heavy atom. The van der Waals surface area contributed by atoms with E-state index < -0.39 is 0 Å². The number of hydrogen-bond acceptors (Lipinski definition) is 8. The lowest BCUT2D eigenvalue weighted by atomic mass is 10.2. The van der Waals surface area contributed by atoms with Crippen molar-refractivity contribution in [3.8, 4) is 0 Å². The molecule has 0 atom stereocenters. The standard InChI is InChI=1S/C23H23ClN8S/c1-14-4-5-16-17(11-14)31-19(30-16)6-9-25-10-7-20-32-21-22(28-13-29-23(21)33-20)27-12-18-15(24)3-2-8-26-18/h2-5,8,11,13,25H,6-7,9-10,12H2,1H3,(H,30,31)(H,27,28,29). The maximum atomic E-state index is 6.20. The normalized spacial score (nSPS) is 11.5. The van der Waals surface area contributed by atoms with Gasteiger partial charge in [0.05, 0.1) is 33.3 Å². The predicted molar refractivity (Wildman–Crippen MR) is 133 cm³/mol. The monoisotopic (exact) mass is 478 g/mol. The van der Waals surface area contributed by atoms with E-state index in [1.54, 1.807) is 23.9 Å². The summed E-state index contributed by atoms with van der Waals surface area (Å²) < 4.78 is 0. The molecule has 0 saturated heterocycles. The van der Waals surface area contributed by atoms with E-state index in [4.69, 9.17) is 16.6 Å². The number of rotatable bonds is 9. The number of imidazole rings is 1. The average Bonchev–Trinajstić information content (AvgIpc) is 3.41. The quantitative estimate of drug-likeness (QED) is 0.271. The number of aromatic amines is 1. The lowest BCUT2D eigenvalue weighted by Gasteiger charge is -2.06. The van der Waals surface area contributed by atoms with Crippen LogP contribution in [0.25, 0.3) is 21.4 Å². The molecule has 0 amide bonds. The molecule has 4 aromatic heterocycles. The number of halogens is 1. The summed E-state index contributed by atoms with van der Waals surface area (Å²) in [5.74, 6) is 1.69. The van der Waals surface area contributed by atoms with Crippen LogP contribution in [0.1, 0.15) is 22.1 Å². The van der Waals surface area contributed by atoms with Gasteiger partial charge >= 0.3 is 0 Å². The fourth-order valence-corrected chi connectivity index (χ4v) is 4.66. The van der Waals surface area contributed by atoms with Crippen molar-refractivity contribution in [3.05, 3.63) is 70.0 Å². The van der Waals surface area contributed by atoms with E-state index in [2.05, 4.69) is 60.7 Å². The third kappa shape index (κ3) is 5.11. The van der Waals surface area contributed by atoms with Gasteiger partial charge in [0, 0.05) is 32.1 Å². The summed E-state index contributed by atoms with van der Waals surface area (Å²) >= 11 is 7.79. The molecule has 0 aliphatic heterocycles. The SMILES string of the molecule is Cc1ccc2nc(CCNCCc3nc4c(NCc5ncccc5Cl)ncnc4s3)[nH]c2c1. The first-order valence-corrected chi connectivity index (χ1v) is 11.9. The second-order valence-electron chi connectivity index (χ2n) is 7.72. The average molecular weight is 479 g/mol. The number of nitrogens with one attached hydrogen (secondary N) is 3. The number of hydrogen-bond donors (Lipinski definition) is 3. The number of thiazole rings is 1. The molecule has 0 spiro atoms. The van der Waals surface area contributed by atoms with Crippen molar-refractivity contribution < 1.29 is 0 Å². The van der Waals surface area contributed by atoms with Crippen LogP contribution in [0.3, 0.4) is 0 Å². The first-order chi connectivity index (χ1) is 16.2. The van der Waals surface area contributed by atoms with Crippen molar-refractivity contribution in [2.45, 2.75) is 26.3 Å². The van der Waals surface area contributed by atoms with Crippen LogP contribution in [0.5, 0.6) is 0 Å². The first kappa shape index (κ1) is 21.7. The molecule has 1 aromatic carbocycles. The zero-order valence-corrected chi connectivity index (χ0v) is 19.7. The number of aromatic nitrogens is 6. The second-order valence-corrected chi connectivity index (χ2v) is 9.19. The number of aryl methyl sites for hydroxylation is 1. The van der Waals surface area contributed by atoms with Crippen LogP contribution in [-0.2, 0) is 19.4 Å². The van der Waals surface area contributed by atoms with Gasteiger partial charge in [0.1, 0.15) is 22.5 Å². The largest absolute Gasteiger partial charge is 0.362 e. The highest BCUT2D eigenvalue weighted by Crippen LogP contribution is 2.25. The van der Waals surface area contributed by atoms with E-state index in [9.17, 15) is 0 Å². The van der Waals surface area contributed by atoms with Crippen LogP contribution < -0.4 is 10.6 Å². The van der Waals surface area contributed by atoms with E-state index in [0.717, 1.165) is 63.8 Å². The number of anilines is 1. The molecule has 0 bridgehead atoms. The van der Waals surface area contributed by atoms with E-state index in [1.807, 2.05) is 12.1 Å². The lowest BCUT2D eigenvalue weighted by molar-refractivity contribution is 0.670. The predicted octanol–water partition coefficient (Wildman–Crippen LogP) is 4.31. The van der Waals surface area contributed by atoms with Gasteiger partial charge in [0.2, 0.25) is 0 Å². The summed E-state index contributed by atoms with van der Waals surface area (Å²) in [4.78, 5) is 26.7. The Kier molecular flexibility index (Phi) is 6.43. The fraction of sp³-hybridized carbons (Fsp3) is 0.261. The topological polar surface area (TPSA) is 104 Å². The van der Waals surface area contributed by atoms with Crippen molar-refractivity contribution >= 4 is 50.1 Å². The van der Waals surface area contributed by atoms with Gasteiger partial charge in [-0.25, -0.2) is 19.9 Å². The van der Waals surface area contributed by atoms with E-state index in [-0.39, 0.29) is 0 Å². The Morgan fingerprint density at radius 2 is 1.97 bits per heavy atom. The summed E-state index contributed by atoms with van der Waals surface area (Å²) in [6.07, 6.45) is 4.95. The van der Waals surface area contributed by atoms with Crippen LogP contribution in [0.4, 0.5) is 5.82 Å². The van der Waals surface area contributed by atoms with Gasteiger partial charge in [-0.1, -0.05) is 29.0 Å². The summed E-state index contributed by atoms with van der Waals surface area (Å²) in [7, 11) is 0. The molecule has 8 nitrogen and oxygen atoms in total. The molecular weight excluding hydrogens is 456 g/mol. The summed E-state index contributed by atoms with van der Waals surface area (Å²) in [6.45, 7) is 4.24. The molecule has 0 radical (unpaired) electrons.